The molecule has 2 heterocycles. The van der Waals surface area contributed by atoms with Crippen molar-refractivity contribution in [2.24, 2.45) is 4.99 Å². The predicted molar refractivity (Wildman–Crippen MR) is 120 cm³/mol. The number of fused-ring (bicyclic) bond motifs is 1. The molecule has 2 aliphatic rings. The molecule has 0 N–H and O–H groups in total. The van der Waals surface area contributed by atoms with Crippen molar-refractivity contribution in [1.82, 2.24) is 4.90 Å². The van der Waals surface area contributed by atoms with Gasteiger partial charge in [-0.15, -0.1) is 0 Å². The Morgan fingerprint density at radius 2 is 1.80 bits per heavy atom. The molecule has 2 fully saturated rings. The van der Waals surface area contributed by atoms with E-state index in [1.54, 1.807) is 19.1 Å². The van der Waals surface area contributed by atoms with E-state index in [1.807, 2.05) is 53.4 Å². The van der Waals surface area contributed by atoms with Gasteiger partial charge in [0.2, 0.25) is 0 Å². The standard InChI is InChI=1S/C22H24N2O4S2/c1-16(28-18-10-6-3-7-11-18)21(25)23-22-24(13-12-17-8-4-2-5-9-17)19-14-30(26,27)15-20(19)29-22/h2-11,16,19-20H,12-15H2,1H3/t16-,19+,20-/m0/s1. The summed E-state index contributed by atoms with van der Waals surface area (Å²) < 4.78 is 30.0. The number of ether oxygens (including phenoxy) is 1. The van der Waals surface area contributed by atoms with E-state index in [0.717, 1.165) is 6.42 Å². The Labute approximate surface area is 181 Å². The van der Waals surface area contributed by atoms with Crippen LogP contribution in [0.3, 0.4) is 0 Å². The van der Waals surface area contributed by atoms with Crippen LogP contribution in [0.25, 0.3) is 0 Å². The van der Waals surface area contributed by atoms with Crippen molar-refractivity contribution in [3.63, 3.8) is 0 Å². The summed E-state index contributed by atoms with van der Waals surface area (Å²) in [6.45, 7) is 2.30. The molecule has 2 aromatic rings. The summed E-state index contributed by atoms with van der Waals surface area (Å²) in [6.07, 6.45) is 0.0363. The van der Waals surface area contributed by atoms with Crippen LogP contribution in [0.2, 0.25) is 0 Å². The van der Waals surface area contributed by atoms with Crippen molar-refractivity contribution < 1.29 is 17.9 Å². The minimum atomic E-state index is -3.06. The van der Waals surface area contributed by atoms with Gasteiger partial charge in [0.1, 0.15) is 5.75 Å². The minimum Gasteiger partial charge on any atom is -0.481 e. The molecule has 0 unspecified atom stereocenters. The Balaban J connectivity index is 1.50. The molecule has 0 spiro atoms. The first-order valence-corrected chi connectivity index (χ1v) is 12.6. The molecule has 2 aromatic carbocycles. The first-order chi connectivity index (χ1) is 14.4. The number of nitrogens with zero attached hydrogens (tertiary/aromatic N) is 2. The van der Waals surface area contributed by atoms with E-state index >= 15 is 0 Å². The quantitative estimate of drug-likeness (QED) is 0.682. The maximum atomic E-state index is 12.7. The largest absolute Gasteiger partial charge is 0.481 e. The second kappa shape index (κ2) is 8.81. The van der Waals surface area contributed by atoms with Gasteiger partial charge < -0.3 is 9.64 Å². The Kier molecular flexibility index (Phi) is 6.15. The molecule has 0 radical (unpaired) electrons. The van der Waals surface area contributed by atoms with E-state index in [2.05, 4.69) is 4.99 Å². The zero-order chi connectivity index (χ0) is 21.1. The van der Waals surface area contributed by atoms with Gasteiger partial charge in [-0.05, 0) is 31.0 Å². The number of aliphatic imine (C=N–C) groups is 1. The van der Waals surface area contributed by atoms with Crippen molar-refractivity contribution >= 4 is 32.7 Å². The van der Waals surface area contributed by atoms with Crippen molar-refractivity contribution in [2.75, 3.05) is 18.1 Å². The van der Waals surface area contributed by atoms with Crippen LogP contribution >= 0.6 is 11.8 Å². The first-order valence-electron chi connectivity index (χ1n) is 9.93. The molecule has 0 aliphatic carbocycles. The Bertz CT molecular complexity index is 1030. The van der Waals surface area contributed by atoms with E-state index in [0.29, 0.717) is 17.5 Å². The van der Waals surface area contributed by atoms with E-state index in [9.17, 15) is 13.2 Å². The van der Waals surface area contributed by atoms with Crippen molar-refractivity contribution in [1.29, 1.82) is 0 Å². The molecule has 8 heteroatoms. The lowest BCUT2D eigenvalue weighted by atomic mass is 10.1. The van der Waals surface area contributed by atoms with Crippen LogP contribution in [-0.4, -0.2) is 59.8 Å². The van der Waals surface area contributed by atoms with Gasteiger partial charge in [0.25, 0.3) is 5.91 Å². The van der Waals surface area contributed by atoms with E-state index in [1.165, 1.54) is 17.3 Å². The molecule has 0 bridgehead atoms. The topological polar surface area (TPSA) is 76.0 Å². The molecule has 2 aliphatic heterocycles. The highest BCUT2D eigenvalue weighted by molar-refractivity contribution is 8.15. The normalized spacial score (nSPS) is 24.6. The monoisotopic (exact) mass is 444 g/mol. The van der Waals surface area contributed by atoms with Gasteiger partial charge in [-0.25, -0.2) is 8.42 Å². The van der Waals surface area contributed by atoms with Crippen LogP contribution in [0.1, 0.15) is 12.5 Å². The van der Waals surface area contributed by atoms with Crippen LogP contribution in [0.5, 0.6) is 5.75 Å². The molecular weight excluding hydrogens is 420 g/mol. The Hall–Kier alpha value is -2.32. The number of carbonyl (C=O) groups excluding carboxylic acids is 1. The second-order valence-corrected chi connectivity index (χ2v) is 10.9. The lowest BCUT2D eigenvalue weighted by Gasteiger charge is -2.24. The van der Waals surface area contributed by atoms with Crippen LogP contribution in [0.15, 0.2) is 65.7 Å². The summed E-state index contributed by atoms with van der Waals surface area (Å²) >= 11 is 1.40. The SMILES string of the molecule is C[C@H](Oc1ccccc1)C(=O)N=C1S[C@H]2CS(=O)(=O)C[C@H]2N1CCc1ccccc1. The summed E-state index contributed by atoms with van der Waals surface area (Å²) in [4.78, 5) is 19.0. The van der Waals surface area contributed by atoms with Crippen molar-refractivity contribution in [3.8, 4) is 5.75 Å². The average molecular weight is 445 g/mol. The second-order valence-electron chi connectivity index (χ2n) is 7.54. The molecule has 2 saturated heterocycles. The molecule has 0 saturated carbocycles. The van der Waals surface area contributed by atoms with Gasteiger partial charge in [0, 0.05) is 11.8 Å². The minimum absolute atomic E-state index is 0.0809. The molecule has 158 valence electrons. The number of amidine groups is 1. The predicted octanol–water partition coefficient (Wildman–Crippen LogP) is 2.79. The lowest BCUT2D eigenvalue weighted by molar-refractivity contribution is -0.123. The summed E-state index contributed by atoms with van der Waals surface area (Å²) in [6, 6.07) is 19.0. The van der Waals surface area contributed by atoms with E-state index in [-0.39, 0.29) is 28.7 Å². The first kappa shape index (κ1) is 20.9. The van der Waals surface area contributed by atoms with Crippen LogP contribution < -0.4 is 4.74 Å². The van der Waals surface area contributed by atoms with Crippen LogP contribution in [0.4, 0.5) is 0 Å². The van der Waals surface area contributed by atoms with Crippen molar-refractivity contribution in [2.45, 2.75) is 30.7 Å². The molecule has 0 aromatic heterocycles. The Morgan fingerprint density at radius 1 is 1.13 bits per heavy atom. The van der Waals surface area contributed by atoms with Gasteiger partial charge in [-0.3, -0.25) is 4.79 Å². The molecule has 30 heavy (non-hydrogen) atoms. The number of carbonyl (C=O) groups is 1. The summed E-state index contributed by atoms with van der Waals surface area (Å²) in [5.74, 6) is 0.492. The third kappa shape index (κ3) is 4.87. The molecular formula is C22H24N2O4S2. The number of para-hydroxylation sites is 1. The number of amides is 1. The maximum absolute atomic E-state index is 12.7. The summed E-state index contributed by atoms with van der Waals surface area (Å²) in [5, 5.41) is 0.520. The molecule has 6 nitrogen and oxygen atoms in total. The van der Waals surface area contributed by atoms with Gasteiger partial charge in [-0.2, -0.15) is 4.99 Å². The average Bonchev–Trinajstić information content (AvgIpc) is 3.18. The van der Waals surface area contributed by atoms with Gasteiger partial charge in [0.05, 0.1) is 17.5 Å². The zero-order valence-electron chi connectivity index (χ0n) is 16.7. The molecule has 4 rings (SSSR count). The third-order valence-corrected chi connectivity index (χ3v) is 8.52. The fourth-order valence-electron chi connectivity index (χ4n) is 3.73. The lowest BCUT2D eigenvalue weighted by Crippen LogP contribution is -2.39. The number of sulfone groups is 1. The highest BCUT2D eigenvalue weighted by Crippen LogP contribution is 2.38. The summed E-state index contributed by atoms with van der Waals surface area (Å²) in [7, 11) is -3.06. The Morgan fingerprint density at radius 3 is 2.50 bits per heavy atom. The van der Waals surface area contributed by atoms with Gasteiger partial charge >= 0.3 is 0 Å². The fraction of sp³-hybridized carbons (Fsp3) is 0.364. The number of hydrogen-bond donors (Lipinski definition) is 0. The molecule has 1 amide bonds. The fourth-order valence-corrected chi connectivity index (χ4v) is 7.71. The van der Waals surface area contributed by atoms with E-state index in [4.69, 9.17) is 4.74 Å². The molecule has 3 atom stereocenters. The highest BCUT2D eigenvalue weighted by atomic mass is 32.2. The zero-order valence-corrected chi connectivity index (χ0v) is 18.3. The maximum Gasteiger partial charge on any atom is 0.288 e. The number of thioether (sulfide) groups is 1. The number of hydrogen-bond acceptors (Lipinski definition) is 5. The van der Waals surface area contributed by atoms with E-state index < -0.39 is 15.9 Å². The summed E-state index contributed by atoms with van der Waals surface area (Å²) in [5.41, 5.74) is 1.17. The third-order valence-electron chi connectivity index (χ3n) is 5.27. The van der Waals surface area contributed by atoms with Crippen LogP contribution in [0, 0.1) is 0 Å². The van der Waals surface area contributed by atoms with Gasteiger partial charge in [0.15, 0.2) is 21.1 Å². The number of benzene rings is 2. The van der Waals surface area contributed by atoms with Crippen LogP contribution in [-0.2, 0) is 21.1 Å². The number of rotatable bonds is 6. The highest BCUT2D eigenvalue weighted by Gasteiger charge is 2.48. The van der Waals surface area contributed by atoms with Gasteiger partial charge in [-0.1, -0.05) is 60.3 Å². The van der Waals surface area contributed by atoms with Crippen molar-refractivity contribution in [3.05, 3.63) is 66.2 Å². The smallest absolute Gasteiger partial charge is 0.288 e.